The molecule has 0 bridgehead atoms. The third-order valence-electron chi connectivity index (χ3n) is 5.94. The van der Waals surface area contributed by atoms with Gasteiger partial charge in [0.25, 0.3) is 0 Å². The number of amides is 2. The van der Waals surface area contributed by atoms with Crippen LogP contribution in [-0.2, 0) is 22.7 Å². The van der Waals surface area contributed by atoms with Crippen LogP contribution in [0, 0.1) is 0 Å². The third-order valence-corrected chi connectivity index (χ3v) is 5.94. The van der Waals surface area contributed by atoms with E-state index in [0.29, 0.717) is 38.4 Å². The fraction of sp³-hybridized carbons (Fsp3) is 0.400. The van der Waals surface area contributed by atoms with Gasteiger partial charge in [0.2, 0.25) is 11.8 Å². The van der Waals surface area contributed by atoms with Crippen molar-refractivity contribution in [3.05, 3.63) is 65.7 Å². The van der Waals surface area contributed by atoms with E-state index < -0.39 is 0 Å². The fourth-order valence-electron chi connectivity index (χ4n) is 4.28. The maximum Gasteiger partial charge on any atom is 0.229 e. The minimum Gasteiger partial charge on any atom is -0.357 e. The van der Waals surface area contributed by atoms with Crippen LogP contribution in [0.15, 0.2) is 59.6 Å². The van der Waals surface area contributed by atoms with Crippen LogP contribution >= 0.6 is 24.0 Å². The van der Waals surface area contributed by atoms with Crippen LogP contribution in [0.1, 0.15) is 37.3 Å². The van der Waals surface area contributed by atoms with Gasteiger partial charge in [-0.1, -0.05) is 42.5 Å². The molecule has 2 aromatic rings. The molecule has 2 aliphatic rings. The number of rotatable bonds is 7. The molecule has 2 amide bonds. The normalized spacial score (nSPS) is 18.5. The predicted molar refractivity (Wildman–Crippen MR) is 142 cm³/mol. The minimum absolute atomic E-state index is 0. The van der Waals surface area contributed by atoms with Crippen molar-refractivity contribution in [3.8, 4) is 0 Å². The number of guanidine groups is 1. The topological polar surface area (TPSA) is 77.0 Å². The molecule has 0 spiro atoms. The molecule has 2 saturated heterocycles. The lowest BCUT2D eigenvalue weighted by Crippen LogP contribution is -2.44. The van der Waals surface area contributed by atoms with Crippen LogP contribution in [0.3, 0.4) is 0 Å². The quantitative estimate of drug-likeness (QED) is 0.309. The molecule has 0 radical (unpaired) electrons. The number of aliphatic imine (C=N–C) groups is 1. The van der Waals surface area contributed by atoms with Gasteiger partial charge in [0.15, 0.2) is 5.96 Å². The number of anilines is 1. The van der Waals surface area contributed by atoms with Crippen LogP contribution in [0.25, 0.3) is 0 Å². The lowest BCUT2D eigenvalue weighted by molar-refractivity contribution is -0.128. The van der Waals surface area contributed by atoms with Crippen molar-refractivity contribution in [2.75, 3.05) is 24.5 Å². The van der Waals surface area contributed by atoms with Gasteiger partial charge >= 0.3 is 0 Å². The summed E-state index contributed by atoms with van der Waals surface area (Å²) in [5.41, 5.74) is 3.17. The maximum absolute atomic E-state index is 12.5. The van der Waals surface area contributed by atoms with Crippen LogP contribution in [0.5, 0.6) is 0 Å². The highest BCUT2D eigenvalue weighted by atomic mass is 127. The van der Waals surface area contributed by atoms with Crippen molar-refractivity contribution < 1.29 is 9.59 Å². The Morgan fingerprint density at radius 1 is 1.03 bits per heavy atom. The molecular weight excluding hydrogens is 529 g/mol. The number of halogens is 1. The van der Waals surface area contributed by atoms with Crippen molar-refractivity contribution in [1.82, 2.24) is 15.5 Å². The molecule has 0 aromatic heterocycles. The SMILES string of the molecule is CCNC(=NCc1ccccc1CN1CCCC1=O)NC1CC(=O)N(c2ccccc2)C1.I. The molecule has 33 heavy (non-hydrogen) atoms. The molecule has 8 heteroatoms. The Hall–Kier alpha value is -2.62. The highest BCUT2D eigenvalue weighted by Gasteiger charge is 2.31. The van der Waals surface area contributed by atoms with E-state index in [1.54, 1.807) is 0 Å². The Labute approximate surface area is 212 Å². The van der Waals surface area contributed by atoms with E-state index in [0.717, 1.165) is 36.3 Å². The molecule has 0 saturated carbocycles. The highest BCUT2D eigenvalue weighted by Crippen LogP contribution is 2.21. The number of hydrogen-bond acceptors (Lipinski definition) is 3. The average Bonchev–Trinajstić information content (AvgIpc) is 3.38. The molecule has 2 N–H and O–H groups in total. The molecule has 2 aliphatic heterocycles. The summed E-state index contributed by atoms with van der Waals surface area (Å²) in [7, 11) is 0. The molecule has 1 unspecified atom stereocenters. The summed E-state index contributed by atoms with van der Waals surface area (Å²) in [6, 6.07) is 17.9. The minimum atomic E-state index is -0.00188. The molecule has 2 heterocycles. The molecule has 176 valence electrons. The summed E-state index contributed by atoms with van der Waals surface area (Å²) < 4.78 is 0. The molecule has 2 fully saturated rings. The van der Waals surface area contributed by atoms with Gasteiger partial charge in [-0.15, -0.1) is 24.0 Å². The monoisotopic (exact) mass is 561 g/mol. The van der Waals surface area contributed by atoms with Gasteiger partial charge in [-0.25, -0.2) is 4.99 Å². The standard InChI is InChI=1S/C25H31N5O2.HI/c1-2-26-25(28-21-15-24(32)30(18-21)22-11-4-3-5-12-22)27-16-19-9-6-7-10-20(19)17-29-14-8-13-23(29)31;/h3-7,9-12,21H,2,8,13-18H2,1H3,(H2,26,27,28);1H. The first-order chi connectivity index (χ1) is 15.6. The summed E-state index contributed by atoms with van der Waals surface area (Å²) in [5.74, 6) is 1.05. The average molecular weight is 561 g/mol. The van der Waals surface area contributed by atoms with Crippen molar-refractivity contribution in [2.24, 2.45) is 4.99 Å². The Morgan fingerprint density at radius 2 is 1.76 bits per heavy atom. The second-order valence-electron chi connectivity index (χ2n) is 8.27. The van der Waals surface area contributed by atoms with Crippen LogP contribution in [0.2, 0.25) is 0 Å². The second kappa shape index (κ2) is 12.0. The van der Waals surface area contributed by atoms with Gasteiger partial charge in [0.05, 0.1) is 12.6 Å². The lowest BCUT2D eigenvalue weighted by Gasteiger charge is -2.20. The van der Waals surface area contributed by atoms with Crippen LogP contribution < -0.4 is 15.5 Å². The first-order valence-corrected chi connectivity index (χ1v) is 11.4. The van der Waals surface area contributed by atoms with Gasteiger partial charge in [0.1, 0.15) is 0 Å². The molecule has 2 aromatic carbocycles. The number of likely N-dealkylation sites (tertiary alicyclic amines) is 1. The fourth-order valence-corrected chi connectivity index (χ4v) is 4.28. The van der Waals surface area contributed by atoms with Gasteiger partial charge in [-0.2, -0.15) is 0 Å². The summed E-state index contributed by atoms with van der Waals surface area (Å²) in [6.45, 7) is 5.35. The molecule has 1 atom stereocenters. The molecule has 4 rings (SSSR count). The van der Waals surface area contributed by atoms with E-state index in [2.05, 4.69) is 22.8 Å². The first kappa shape index (κ1) is 25.0. The number of nitrogens with zero attached hydrogens (tertiary/aromatic N) is 3. The molecule has 0 aliphatic carbocycles. The Morgan fingerprint density at radius 3 is 2.45 bits per heavy atom. The van der Waals surface area contributed by atoms with Crippen molar-refractivity contribution >= 4 is 47.4 Å². The Bertz CT molecular complexity index is 982. The maximum atomic E-state index is 12.5. The zero-order chi connectivity index (χ0) is 22.3. The first-order valence-electron chi connectivity index (χ1n) is 11.4. The summed E-state index contributed by atoms with van der Waals surface area (Å²) in [4.78, 5) is 33.1. The number of carbonyl (C=O) groups excluding carboxylic acids is 2. The molecular formula is C25H32IN5O2. The van der Waals surface area contributed by atoms with Crippen molar-refractivity contribution in [1.29, 1.82) is 0 Å². The number of nitrogens with one attached hydrogen (secondary N) is 2. The van der Waals surface area contributed by atoms with E-state index in [1.165, 1.54) is 0 Å². The van der Waals surface area contributed by atoms with E-state index >= 15 is 0 Å². The van der Waals surface area contributed by atoms with Gasteiger partial charge in [-0.3, -0.25) is 9.59 Å². The van der Waals surface area contributed by atoms with Gasteiger partial charge < -0.3 is 20.4 Å². The lowest BCUT2D eigenvalue weighted by atomic mass is 10.1. The van der Waals surface area contributed by atoms with E-state index in [4.69, 9.17) is 4.99 Å². The van der Waals surface area contributed by atoms with Crippen molar-refractivity contribution in [3.63, 3.8) is 0 Å². The Balaban J connectivity index is 0.00000306. The van der Waals surface area contributed by atoms with Crippen LogP contribution in [0.4, 0.5) is 5.69 Å². The van der Waals surface area contributed by atoms with E-state index in [1.807, 2.05) is 59.2 Å². The number of para-hydroxylation sites is 1. The van der Waals surface area contributed by atoms with Gasteiger partial charge in [0, 0.05) is 44.7 Å². The highest BCUT2D eigenvalue weighted by molar-refractivity contribution is 14.0. The number of hydrogen-bond donors (Lipinski definition) is 2. The Kier molecular flexibility index (Phi) is 9.11. The summed E-state index contributed by atoms with van der Waals surface area (Å²) in [5, 5.41) is 6.72. The largest absolute Gasteiger partial charge is 0.357 e. The number of carbonyl (C=O) groups is 2. The smallest absolute Gasteiger partial charge is 0.229 e. The van der Waals surface area contributed by atoms with Crippen LogP contribution in [-0.4, -0.2) is 48.3 Å². The summed E-state index contributed by atoms with van der Waals surface area (Å²) >= 11 is 0. The zero-order valence-corrected chi connectivity index (χ0v) is 21.3. The van der Waals surface area contributed by atoms with Gasteiger partial charge in [-0.05, 0) is 36.6 Å². The van der Waals surface area contributed by atoms with E-state index in [-0.39, 0.29) is 41.8 Å². The molecule has 7 nitrogen and oxygen atoms in total. The van der Waals surface area contributed by atoms with Crippen molar-refractivity contribution in [2.45, 2.75) is 45.3 Å². The predicted octanol–water partition coefficient (Wildman–Crippen LogP) is 3.29. The third kappa shape index (κ3) is 6.46. The van der Waals surface area contributed by atoms with E-state index in [9.17, 15) is 9.59 Å². The second-order valence-corrected chi connectivity index (χ2v) is 8.27. The zero-order valence-electron chi connectivity index (χ0n) is 19.0. The number of benzene rings is 2. The summed E-state index contributed by atoms with van der Waals surface area (Å²) in [6.07, 6.45) is 2.02.